The molecule has 0 unspecified atom stereocenters. The third-order valence-electron chi connectivity index (χ3n) is 5.48. The van der Waals surface area contributed by atoms with Crippen molar-refractivity contribution in [1.29, 1.82) is 0 Å². The molecular weight excluding hydrogens is 442 g/mol. The molecule has 1 fully saturated rings. The number of piperidine rings is 1. The molecule has 0 bridgehead atoms. The smallest absolute Gasteiger partial charge is 0.414 e. The highest BCUT2D eigenvalue weighted by atomic mass is 16.4. The van der Waals surface area contributed by atoms with Crippen molar-refractivity contribution in [2.45, 2.75) is 52.1 Å². The van der Waals surface area contributed by atoms with Gasteiger partial charge in [-0.15, -0.1) is 0 Å². The minimum Gasteiger partial charge on any atom is -0.473 e. The monoisotopic (exact) mass is 475 g/mol. The van der Waals surface area contributed by atoms with Crippen molar-refractivity contribution >= 4 is 34.7 Å². The SMILES string of the molecule is CCCn1nc(C(=O)NCCN2CCC(NC(=O)CC)CC2)c2ccccc21.O=C(O)C(=O)O. The molecule has 2 aromatic rings. The molecule has 0 saturated carbocycles. The lowest BCUT2D eigenvalue weighted by Crippen LogP contribution is -2.46. The minimum absolute atomic E-state index is 0.115. The molecule has 0 atom stereocenters. The lowest BCUT2D eigenvalue weighted by atomic mass is 10.0. The Hall–Kier alpha value is -3.47. The first-order chi connectivity index (χ1) is 16.3. The zero-order valence-electron chi connectivity index (χ0n) is 19.6. The van der Waals surface area contributed by atoms with E-state index in [0.717, 1.165) is 56.3 Å². The molecule has 1 aromatic heterocycles. The van der Waals surface area contributed by atoms with Crippen LogP contribution >= 0.6 is 0 Å². The number of para-hydroxylation sites is 1. The quantitative estimate of drug-likeness (QED) is 0.417. The Kier molecular flexibility index (Phi) is 10.5. The minimum atomic E-state index is -1.82. The van der Waals surface area contributed by atoms with Crippen LogP contribution in [0.1, 0.15) is 50.0 Å². The highest BCUT2D eigenvalue weighted by Crippen LogP contribution is 2.18. The van der Waals surface area contributed by atoms with Gasteiger partial charge in [-0.05, 0) is 25.3 Å². The lowest BCUT2D eigenvalue weighted by Gasteiger charge is -2.32. The predicted octanol–water partition coefficient (Wildman–Crippen LogP) is 1.32. The molecular formula is C23H33N5O6. The van der Waals surface area contributed by atoms with Gasteiger partial charge in [0.05, 0.1) is 5.52 Å². The lowest BCUT2D eigenvalue weighted by molar-refractivity contribution is -0.159. The number of likely N-dealkylation sites (tertiary alicyclic amines) is 1. The summed E-state index contributed by atoms with van der Waals surface area (Å²) in [6.07, 6.45) is 3.44. The second-order valence-electron chi connectivity index (χ2n) is 7.99. The first-order valence-corrected chi connectivity index (χ1v) is 11.5. The van der Waals surface area contributed by atoms with Gasteiger partial charge in [-0.3, -0.25) is 14.3 Å². The van der Waals surface area contributed by atoms with Gasteiger partial charge < -0.3 is 25.7 Å². The van der Waals surface area contributed by atoms with E-state index in [9.17, 15) is 9.59 Å². The fourth-order valence-corrected chi connectivity index (χ4v) is 3.72. The summed E-state index contributed by atoms with van der Waals surface area (Å²) in [5.41, 5.74) is 1.51. The van der Waals surface area contributed by atoms with Crippen LogP contribution in [0.5, 0.6) is 0 Å². The number of carboxylic acids is 2. The molecule has 0 aliphatic carbocycles. The number of fused-ring (bicyclic) bond motifs is 1. The van der Waals surface area contributed by atoms with Gasteiger partial charge in [-0.25, -0.2) is 9.59 Å². The third kappa shape index (κ3) is 7.84. The number of hydrogen-bond donors (Lipinski definition) is 4. The van der Waals surface area contributed by atoms with Crippen LogP contribution in [0.4, 0.5) is 0 Å². The van der Waals surface area contributed by atoms with Crippen LogP contribution in [0.25, 0.3) is 10.9 Å². The zero-order valence-corrected chi connectivity index (χ0v) is 19.6. The number of carbonyl (C=O) groups is 4. The molecule has 11 heteroatoms. The molecule has 1 aliphatic rings. The summed E-state index contributed by atoms with van der Waals surface area (Å²) in [4.78, 5) is 44.7. The van der Waals surface area contributed by atoms with E-state index in [1.807, 2.05) is 35.9 Å². The first kappa shape index (κ1) is 26.8. The number of aryl methyl sites for hydroxylation is 1. The Morgan fingerprint density at radius 1 is 1.03 bits per heavy atom. The number of carbonyl (C=O) groups excluding carboxylic acids is 2. The number of aliphatic carboxylic acids is 2. The fourth-order valence-electron chi connectivity index (χ4n) is 3.72. The summed E-state index contributed by atoms with van der Waals surface area (Å²) in [6.45, 7) is 8.08. The number of aromatic nitrogens is 2. The number of carboxylic acid groups (broad SMARTS) is 2. The van der Waals surface area contributed by atoms with Crippen LogP contribution in [-0.2, 0) is 20.9 Å². The van der Waals surface area contributed by atoms with Gasteiger partial charge >= 0.3 is 11.9 Å². The molecule has 1 aromatic carbocycles. The van der Waals surface area contributed by atoms with Crippen molar-refractivity contribution in [2.24, 2.45) is 0 Å². The van der Waals surface area contributed by atoms with E-state index in [0.29, 0.717) is 18.7 Å². The topological polar surface area (TPSA) is 154 Å². The fraction of sp³-hybridized carbons (Fsp3) is 0.522. The van der Waals surface area contributed by atoms with Crippen LogP contribution in [0.2, 0.25) is 0 Å². The number of nitrogens with zero attached hydrogens (tertiary/aromatic N) is 3. The number of nitrogens with one attached hydrogen (secondary N) is 2. The largest absolute Gasteiger partial charge is 0.473 e. The first-order valence-electron chi connectivity index (χ1n) is 11.5. The molecule has 0 radical (unpaired) electrons. The molecule has 34 heavy (non-hydrogen) atoms. The van der Waals surface area contributed by atoms with Crippen LogP contribution in [0, 0.1) is 0 Å². The number of amides is 2. The molecule has 2 heterocycles. The summed E-state index contributed by atoms with van der Waals surface area (Å²) in [7, 11) is 0. The number of rotatable bonds is 8. The van der Waals surface area contributed by atoms with Crippen molar-refractivity contribution in [1.82, 2.24) is 25.3 Å². The van der Waals surface area contributed by atoms with E-state index in [4.69, 9.17) is 19.8 Å². The van der Waals surface area contributed by atoms with E-state index in [2.05, 4.69) is 27.6 Å². The number of benzene rings is 1. The van der Waals surface area contributed by atoms with E-state index in [1.54, 1.807) is 0 Å². The molecule has 11 nitrogen and oxygen atoms in total. The van der Waals surface area contributed by atoms with Crippen molar-refractivity contribution < 1.29 is 29.4 Å². The van der Waals surface area contributed by atoms with Gasteiger partial charge in [0.1, 0.15) is 0 Å². The maximum Gasteiger partial charge on any atom is 0.414 e. The van der Waals surface area contributed by atoms with Crippen LogP contribution in [0.3, 0.4) is 0 Å². The Bertz CT molecular complexity index is 985. The summed E-state index contributed by atoms with van der Waals surface area (Å²) in [5.74, 6) is -3.64. The van der Waals surface area contributed by atoms with E-state index < -0.39 is 11.9 Å². The Morgan fingerprint density at radius 2 is 1.68 bits per heavy atom. The summed E-state index contributed by atoms with van der Waals surface area (Å²) in [5, 5.41) is 26.3. The molecule has 1 aliphatic heterocycles. The second-order valence-corrected chi connectivity index (χ2v) is 7.99. The van der Waals surface area contributed by atoms with Gasteiger partial charge in [-0.2, -0.15) is 5.10 Å². The van der Waals surface area contributed by atoms with Crippen LogP contribution in [0.15, 0.2) is 24.3 Å². The molecule has 1 saturated heterocycles. The predicted molar refractivity (Wildman–Crippen MR) is 126 cm³/mol. The highest BCUT2D eigenvalue weighted by Gasteiger charge is 2.21. The van der Waals surface area contributed by atoms with Gasteiger partial charge in [0.15, 0.2) is 5.69 Å². The average Bonchev–Trinajstić information content (AvgIpc) is 3.19. The maximum absolute atomic E-state index is 12.7. The third-order valence-corrected chi connectivity index (χ3v) is 5.48. The van der Waals surface area contributed by atoms with Gasteiger partial charge in [0.2, 0.25) is 5.91 Å². The van der Waals surface area contributed by atoms with E-state index in [1.165, 1.54) is 0 Å². The molecule has 0 spiro atoms. The average molecular weight is 476 g/mol. The van der Waals surface area contributed by atoms with E-state index in [-0.39, 0.29) is 17.9 Å². The van der Waals surface area contributed by atoms with Crippen molar-refractivity contribution in [3.63, 3.8) is 0 Å². The van der Waals surface area contributed by atoms with Gasteiger partial charge in [0.25, 0.3) is 5.91 Å². The molecule has 2 amide bonds. The zero-order chi connectivity index (χ0) is 25.1. The summed E-state index contributed by atoms with van der Waals surface area (Å²) >= 11 is 0. The van der Waals surface area contributed by atoms with Gasteiger partial charge in [0, 0.05) is 50.6 Å². The number of hydrogen-bond acceptors (Lipinski definition) is 6. The Labute approximate surface area is 198 Å². The van der Waals surface area contributed by atoms with Crippen molar-refractivity contribution in [3.05, 3.63) is 30.0 Å². The normalized spacial score (nSPS) is 14.2. The van der Waals surface area contributed by atoms with Crippen molar-refractivity contribution in [3.8, 4) is 0 Å². The Balaban J connectivity index is 0.000000604. The maximum atomic E-state index is 12.7. The molecule has 186 valence electrons. The van der Waals surface area contributed by atoms with Gasteiger partial charge in [-0.1, -0.05) is 32.0 Å². The summed E-state index contributed by atoms with van der Waals surface area (Å²) < 4.78 is 1.92. The van der Waals surface area contributed by atoms with Crippen LogP contribution in [-0.4, -0.2) is 80.9 Å². The summed E-state index contributed by atoms with van der Waals surface area (Å²) in [6, 6.07) is 8.17. The highest BCUT2D eigenvalue weighted by molar-refractivity contribution is 6.27. The molecule has 4 N–H and O–H groups in total. The molecule has 3 rings (SSSR count). The Morgan fingerprint density at radius 3 is 2.26 bits per heavy atom. The van der Waals surface area contributed by atoms with Crippen LogP contribution < -0.4 is 10.6 Å². The standard InChI is InChI=1S/C21H31N5O2.C2H2O4/c1-3-12-26-18-8-6-5-7-17(18)20(24-26)21(28)22-11-15-25-13-9-16(10-14-25)23-19(27)4-2;3-1(4)2(5)6/h5-8,16H,3-4,9-15H2,1-2H3,(H,22,28)(H,23,27);(H,3,4)(H,5,6). The van der Waals surface area contributed by atoms with Crippen molar-refractivity contribution in [2.75, 3.05) is 26.2 Å². The van der Waals surface area contributed by atoms with E-state index >= 15 is 0 Å². The second kappa shape index (κ2) is 13.3.